The number of nitrogens with two attached hydrogens (primary N) is 1. The molecule has 1 amide bonds. The average molecular weight is 296 g/mol. The lowest BCUT2D eigenvalue weighted by molar-refractivity contribution is 0.0934. The zero-order chi connectivity index (χ0) is 14.7. The summed E-state index contributed by atoms with van der Waals surface area (Å²) in [5.74, 6) is 0.826. The normalized spacial score (nSPS) is 21.9. The van der Waals surface area contributed by atoms with Gasteiger partial charge in [0.2, 0.25) is 0 Å². The Balaban J connectivity index is 2.10. The molecular weight excluding hydrogens is 272 g/mol. The summed E-state index contributed by atoms with van der Waals surface area (Å²) in [6, 6.07) is 0.279. The second kappa shape index (κ2) is 6.43. The molecule has 1 fully saturated rings. The van der Waals surface area contributed by atoms with Crippen LogP contribution in [-0.4, -0.2) is 30.0 Å². The predicted molar refractivity (Wildman–Crippen MR) is 84.4 cm³/mol. The van der Waals surface area contributed by atoms with E-state index in [1.807, 2.05) is 0 Å². The van der Waals surface area contributed by atoms with Gasteiger partial charge in [-0.1, -0.05) is 24.7 Å². The molecule has 0 saturated heterocycles. The lowest BCUT2D eigenvalue weighted by Crippen LogP contribution is -2.36. The van der Waals surface area contributed by atoms with Crippen molar-refractivity contribution in [1.82, 2.24) is 10.3 Å². The number of carbonyl (C=O) groups excluding carboxylic acids is 1. The van der Waals surface area contributed by atoms with Crippen LogP contribution in [0.25, 0.3) is 0 Å². The van der Waals surface area contributed by atoms with Crippen molar-refractivity contribution in [2.75, 3.05) is 23.7 Å². The SMILES string of the molecule is CCN(CC)c1nc(N)c(C(=O)NC2CCCC2C)s1. The number of carbonyl (C=O) groups is 1. The Morgan fingerprint density at radius 2 is 2.15 bits per heavy atom. The number of rotatable bonds is 5. The molecule has 20 heavy (non-hydrogen) atoms. The van der Waals surface area contributed by atoms with Gasteiger partial charge in [-0.2, -0.15) is 0 Å². The molecule has 1 heterocycles. The van der Waals surface area contributed by atoms with Gasteiger partial charge in [0.15, 0.2) is 5.13 Å². The molecule has 1 aliphatic rings. The van der Waals surface area contributed by atoms with E-state index in [2.05, 4.69) is 36.0 Å². The second-order valence-electron chi connectivity index (χ2n) is 5.37. The minimum Gasteiger partial charge on any atom is -0.382 e. The lowest BCUT2D eigenvalue weighted by atomic mass is 10.1. The van der Waals surface area contributed by atoms with E-state index in [0.29, 0.717) is 16.6 Å². The zero-order valence-corrected chi connectivity index (χ0v) is 13.3. The smallest absolute Gasteiger partial charge is 0.265 e. The Morgan fingerprint density at radius 1 is 1.45 bits per heavy atom. The molecule has 5 nitrogen and oxygen atoms in total. The summed E-state index contributed by atoms with van der Waals surface area (Å²) >= 11 is 1.39. The topological polar surface area (TPSA) is 71.2 Å². The third kappa shape index (κ3) is 3.06. The summed E-state index contributed by atoms with van der Waals surface area (Å²) in [4.78, 5) is 19.3. The fraction of sp³-hybridized carbons (Fsp3) is 0.714. The van der Waals surface area contributed by atoms with Gasteiger partial charge < -0.3 is 16.0 Å². The summed E-state index contributed by atoms with van der Waals surface area (Å²) in [6.45, 7) is 8.06. The van der Waals surface area contributed by atoms with Crippen LogP contribution in [0.1, 0.15) is 49.7 Å². The van der Waals surface area contributed by atoms with Crippen molar-refractivity contribution in [1.29, 1.82) is 0 Å². The van der Waals surface area contributed by atoms with Gasteiger partial charge in [0.25, 0.3) is 5.91 Å². The molecule has 1 aromatic heterocycles. The van der Waals surface area contributed by atoms with Crippen LogP contribution in [0.2, 0.25) is 0 Å². The molecule has 1 aliphatic carbocycles. The average Bonchev–Trinajstić information content (AvgIpc) is 2.98. The van der Waals surface area contributed by atoms with E-state index in [-0.39, 0.29) is 11.9 Å². The first-order valence-electron chi connectivity index (χ1n) is 7.38. The molecule has 112 valence electrons. The zero-order valence-electron chi connectivity index (χ0n) is 12.5. The highest BCUT2D eigenvalue weighted by Crippen LogP contribution is 2.29. The molecule has 2 rings (SSSR count). The predicted octanol–water partition coefficient (Wildman–Crippen LogP) is 2.49. The molecule has 0 spiro atoms. The first-order chi connectivity index (χ1) is 9.56. The third-order valence-electron chi connectivity index (χ3n) is 4.06. The van der Waals surface area contributed by atoms with Gasteiger partial charge >= 0.3 is 0 Å². The van der Waals surface area contributed by atoms with Crippen molar-refractivity contribution in [3.8, 4) is 0 Å². The third-order valence-corrected chi connectivity index (χ3v) is 5.19. The summed E-state index contributed by atoms with van der Waals surface area (Å²) in [7, 11) is 0. The van der Waals surface area contributed by atoms with Gasteiger partial charge in [-0.05, 0) is 32.6 Å². The van der Waals surface area contributed by atoms with Crippen LogP contribution in [-0.2, 0) is 0 Å². The minimum atomic E-state index is -0.0721. The van der Waals surface area contributed by atoms with Gasteiger partial charge in [-0.15, -0.1) is 0 Å². The molecule has 0 aromatic carbocycles. The van der Waals surface area contributed by atoms with Gasteiger partial charge in [0.05, 0.1) is 0 Å². The summed E-state index contributed by atoms with van der Waals surface area (Å²) < 4.78 is 0. The van der Waals surface area contributed by atoms with E-state index >= 15 is 0 Å². The quantitative estimate of drug-likeness (QED) is 0.875. The van der Waals surface area contributed by atoms with E-state index in [0.717, 1.165) is 24.6 Å². The van der Waals surface area contributed by atoms with Crippen molar-refractivity contribution in [2.24, 2.45) is 5.92 Å². The largest absolute Gasteiger partial charge is 0.382 e. The Hall–Kier alpha value is -1.30. The molecule has 2 atom stereocenters. The van der Waals surface area contributed by atoms with Crippen molar-refractivity contribution >= 4 is 28.2 Å². The van der Waals surface area contributed by atoms with Crippen LogP contribution in [0.5, 0.6) is 0 Å². The molecule has 3 N–H and O–H groups in total. The molecule has 0 radical (unpaired) electrons. The van der Waals surface area contributed by atoms with Crippen LogP contribution in [0.3, 0.4) is 0 Å². The van der Waals surface area contributed by atoms with Crippen LogP contribution in [0.4, 0.5) is 10.9 Å². The Bertz CT molecular complexity index is 470. The molecule has 2 unspecified atom stereocenters. The van der Waals surface area contributed by atoms with Gasteiger partial charge in [0.1, 0.15) is 10.7 Å². The number of nitrogen functional groups attached to an aromatic ring is 1. The molecular formula is C14H24N4OS. The van der Waals surface area contributed by atoms with Crippen molar-refractivity contribution in [3.63, 3.8) is 0 Å². The highest BCUT2D eigenvalue weighted by Gasteiger charge is 2.27. The van der Waals surface area contributed by atoms with Gasteiger partial charge in [-0.25, -0.2) is 4.98 Å². The summed E-state index contributed by atoms with van der Waals surface area (Å²) in [6.07, 6.45) is 3.44. The maximum atomic E-state index is 12.3. The number of hydrogen-bond donors (Lipinski definition) is 2. The van der Waals surface area contributed by atoms with Gasteiger partial charge in [-0.3, -0.25) is 4.79 Å². The van der Waals surface area contributed by atoms with Crippen LogP contribution in [0, 0.1) is 5.92 Å². The number of amides is 1. The first kappa shape index (κ1) is 15.1. The number of anilines is 2. The maximum absolute atomic E-state index is 12.3. The van der Waals surface area contributed by atoms with Crippen molar-refractivity contribution in [3.05, 3.63) is 4.88 Å². The minimum absolute atomic E-state index is 0.0721. The number of nitrogens with zero attached hydrogens (tertiary/aromatic N) is 2. The summed E-state index contributed by atoms with van der Waals surface area (Å²) in [5.41, 5.74) is 5.91. The lowest BCUT2D eigenvalue weighted by Gasteiger charge is -2.17. The van der Waals surface area contributed by atoms with Gasteiger partial charge in [0, 0.05) is 19.1 Å². The maximum Gasteiger partial charge on any atom is 0.265 e. The molecule has 1 aromatic rings. The number of hydrogen-bond acceptors (Lipinski definition) is 5. The second-order valence-corrected chi connectivity index (χ2v) is 6.35. The first-order valence-corrected chi connectivity index (χ1v) is 8.20. The fourth-order valence-corrected chi connectivity index (χ4v) is 3.72. The van der Waals surface area contributed by atoms with Crippen LogP contribution >= 0.6 is 11.3 Å². The standard InChI is InChI=1S/C14H24N4OS/c1-4-18(5-2)14-17-12(15)11(20-14)13(19)16-10-8-6-7-9(10)3/h9-10H,4-8,15H2,1-3H3,(H,16,19). The Morgan fingerprint density at radius 3 is 2.70 bits per heavy atom. The van der Waals surface area contributed by atoms with E-state index in [1.165, 1.54) is 24.2 Å². The Labute approximate surface area is 124 Å². The summed E-state index contributed by atoms with van der Waals surface area (Å²) in [5, 5.41) is 3.94. The fourth-order valence-electron chi connectivity index (χ4n) is 2.71. The van der Waals surface area contributed by atoms with E-state index in [9.17, 15) is 4.79 Å². The molecule has 0 aliphatic heterocycles. The highest BCUT2D eigenvalue weighted by molar-refractivity contribution is 7.18. The number of thiazole rings is 1. The molecule has 6 heteroatoms. The van der Waals surface area contributed by atoms with E-state index in [4.69, 9.17) is 5.73 Å². The Kier molecular flexibility index (Phi) is 4.86. The van der Waals surface area contributed by atoms with E-state index in [1.54, 1.807) is 0 Å². The van der Waals surface area contributed by atoms with Crippen molar-refractivity contribution < 1.29 is 4.79 Å². The monoisotopic (exact) mass is 296 g/mol. The van der Waals surface area contributed by atoms with Crippen molar-refractivity contribution in [2.45, 2.75) is 46.1 Å². The number of aromatic nitrogens is 1. The van der Waals surface area contributed by atoms with Crippen LogP contribution in [0.15, 0.2) is 0 Å². The highest BCUT2D eigenvalue weighted by atomic mass is 32.1. The number of nitrogens with one attached hydrogen (secondary N) is 1. The van der Waals surface area contributed by atoms with Crippen LogP contribution < -0.4 is 16.0 Å². The molecule has 1 saturated carbocycles. The van der Waals surface area contributed by atoms with E-state index < -0.39 is 0 Å². The molecule has 0 bridgehead atoms.